The first-order valence-electron chi connectivity index (χ1n) is 8.31. The first-order chi connectivity index (χ1) is 11.4. The molecule has 1 saturated heterocycles. The van der Waals surface area contributed by atoms with Crippen molar-refractivity contribution in [2.45, 2.75) is 18.3 Å². The summed E-state index contributed by atoms with van der Waals surface area (Å²) in [5, 5.41) is 15.8. The zero-order chi connectivity index (χ0) is 15.5. The number of aromatic nitrogens is 2. The zero-order valence-electron chi connectivity index (χ0n) is 13.2. The lowest BCUT2D eigenvalue weighted by Gasteiger charge is -2.38. The second-order valence-electron chi connectivity index (χ2n) is 6.37. The number of nitrogens with zero attached hydrogens (tertiary/aromatic N) is 1. The van der Waals surface area contributed by atoms with Crippen molar-refractivity contribution in [2.75, 3.05) is 25.0 Å². The zero-order valence-corrected chi connectivity index (χ0v) is 13.2. The highest BCUT2D eigenvalue weighted by molar-refractivity contribution is 5.89. The van der Waals surface area contributed by atoms with Gasteiger partial charge in [-0.25, -0.2) is 0 Å². The Morgan fingerprint density at radius 1 is 0.957 bits per heavy atom. The molecule has 1 aromatic heterocycles. The van der Waals surface area contributed by atoms with E-state index in [0.717, 1.165) is 49.2 Å². The van der Waals surface area contributed by atoms with Crippen LogP contribution in [0.3, 0.4) is 0 Å². The molecule has 0 spiro atoms. The molecule has 4 heteroatoms. The normalized spacial score (nSPS) is 17.2. The van der Waals surface area contributed by atoms with Crippen LogP contribution in [0.1, 0.15) is 18.4 Å². The Morgan fingerprint density at radius 3 is 2.52 bits per heavy atom. The maximum absolute atomic E-state index is 4.45. The van der Waals surface area contributed by atoms with E-state index in [9.17, 15) is 0 Å². The summed E-state index contributed by atoms with van der Waals surface area (Å²) in [5.41, 5.74) is 2.68. The summed E-state index contributed by atoms with van der Waals surface area (Å²) in [7, 11) is 0. The van der Waals surface area contributed by atoms with E-state index in [0.29, 0.717) is 0 Å². The van der Waals surface area contributed by atoms with Crippen molar-refractivity contribution in [3.8, 4) is 0 Å². The maximum atomic E-state index is 4.45. The fourth-order valence-corrected chi connectivity index (χ4v) is 3.62. The van der Waals surface area contributed by atoms with Gasteiger partial charge in [-0.15, -0.1) is 0 Å². The number of rotatable bonds is 4. The second-order valence-corrected chi connectivity index (χ2v) is 6.37. The molecule has 1 aliphatic heterocycles. The largest absolute Gasteiger partial charge is 0.367 e. The standard InChI is InChI=1S/C19H22N4/c1-2-6-15(7-3-1)19(10-12-20-13-11-19)14-21-18-16-8-4-5-9-17(16)22-23-18/h1-9,20H,10-14H2,(H2,21,22,23). The number of fused-ring (bicyclic) bond motifs is 1. The average molecular weight is 306 g/mol. The van der Waals surface area contributed by atoms with E-state index in [1.165, 1.54) is 5.56 Å². The summed E-state index contributed by atoms with van der Waals surface area (Å²) in [6, 6.07) is 19.2. The van der Waals surface area contributed by atoms with Crippen LogP contribution in [-0.4, -0.2) is 29.8 Å². The van der Waals surface area contributed by atoms with Crippen LogP contribution in [0, 0.1) is 0 Å². The number of hydrogen-bond acceptors (Lipinski definition) is 3. The minimum Gasteiger partial charge on any atom is -0.367 e. The highest BCUT2D eigenvalue weighted by Crippen LogP contribution is 2.34. The summed E-state index contributed by atoms with van der Waals surface area (Å²) in [5.74, 6) is 0.953. The molecule has 3 aromatic rings. The lowest BCUT2D eigenvalue weighted by molar-refractivity contribution is 0.323. The van der Waals surface area contributed by atoms with Crippen molar-refractivity contribution in [3.63, 3.8) is 0 Å². The monoisotopic (exact) mass is 306 g/mol. The van der Waals surface area contributed by atoms with Crippen molar-refractivity contribution in [1.82, 2.24) is 15.5 Å². The SMILES string of the molecule is c1ccc(C2(CNc3n[nH]c4ccccc34)CCNCC2)cc1. The van der Waals surface area contributed by atoms with Crippen LogP contribution in [0.4, 0.5) is 5.82 Å². The van der Waals surface area contributed by atoms with Gasteiger partial charge in [0.25, 0.3) is 0 Å². The Kier molecular flexibility index (Phi) is 3.75. The van der Waals surface area contributed by atoms with E-state index in [2.05, 4.69) is 69.4 Å². The lowest BCUT2D eigenvalue weighted by Crippen LogP contribution is -2.44. The van der Waals surface area contributed by atoms with Gasteiger partial charge in [0.05, 0.1) is 5.52 Å². The second kappa shape index (κ2) is 6.05. The molecular formula is C19H22N4. The Morgan fingerprint density at radius 2 is 1.70 bits per heavy atom. The summed E-state index contributed by atoms with van der Waals surface area (Å²) in [6.07, 6.45) is 2.29. The summed E-state index contributed by atoms with van der Waals surface area (Å²) in [4.78, 5) is 0. The van der Waals surface area contributed by atoms with Crippen LogP contribution in [0.2, 0.25) is 0 Å². The van der Waals surface area contributed by atoms with E-state index in [1.807, 2.05) is 6.07 Å². The Hall–Kier alpha value is -2.33. The van der Waals surface area contributed by atoms with Gasteiger partial charge in [0.15, 0.2) is 5.82 Å². The third-order valence-corrected chi connectivity index (χ3v) is 5.01. The average Bonchev–Trinajstić information content (AvgIpc) is 3.05. The van der Waals surface area contributed by atoms with Crippen LogP contribution in [0.5, 0.6) is 0 Å². The van der Waals surface area contributed by atoms with Gasteiger partial charge in [-0.2, -0.15) is 5.10 Å². The third kappa shape index (κ3) is 2.70. The van der Waals surface area contributed by atoms with Crippen LogP contribution in [0.25, 0.3) is 10.9 Å². The van der Waals surface area contributed by atoms with Crippen molar-refractivity contribution < 1.29 is 0 Å². The first-order valence-corrected chi connectivity index (χ1v) is 8.31. The minimum absolute atomic E-state index is 0.173. The van der Waals surface area contributed by atoms with Gasteiger partial charge in [-0.1, -0.05) is 42.5 Å². The number of hydrogen-bond donors (Lipinski definition) is 3. The molecule has 0 unspecified atom stereocenters. The van der Waals surface area contributed by atoms with Gasteiger partial charge in [-0.05, 0) is 43.6 Å². The van der Waals surface area contributed by atoms with Crippen molar-refractivity contribution in [2.24, 2.45) is 0 Å². The molecule has 0 saturated carbocycles. The molecule has 0 amide bonds. The van der Waals surface area contributed by atoms with Gasteiger partial charge in [0.2, 0.25) is 0 Å². The predicted molar refractivity (Wildman–Crippen MR) is 94.8 cm³/mol. The number of benzene rings is 2. The van der Waals surface area contributed by atoms with Crippen molar-refractivity contribution >= 4 is 16.7 Å². The number of H-pyrrole nitrogens is 1. The number of aromatic amines is 1. The first kappa shape index (κ1) is 14.3. The fourth-order valence-electron chi connectivity index (χ4n) is 3.62. The minimum atomic E-state index is 0.173. The molecule has 2 heterocycles. The van der Waals surface area contributed by atoms with E-state index >= 15 is 0 Å². The van der Waals surface area contributed by atoms with Gasteiger partial charge < -0.3 is 10.6 Å². The molecular weight excluding hydrogens is 284 g/mol. The number of nitrogens with one attached hydrogen (secondary N) is 3. The van der Waals surface area contributed by atoms with Gasteiger partial charge in [-0.3, -0.25) is 5.10 Å². The molecule has 4 rings (SSSR count). The molecule has 0 radical (unpaired) electrons. The van der Waals surface area contributed by atoms with Crippen molar-refractivity contribution in [1.29, 1.82) is 0 Å². The number of para-hydroxylation sites is 1. The van der Waals surface area contributed by atoms with E-state index in [-0.39, 0.29) is 5.41 Å². The Bertz CT molecular complexity index is 772. The molecule has 1 aliphatic rings. The molecule has 0 bridgehead atoms. The molecule has 2 aromatic carbocycles. The lowest BCUT2D eigenvalue weighted by atomic mass is 9.73. The van der Waals surface area contributed by atoms with Crippen LogP contribution >= 0.6 is 0 Å². The summed E-state index contributed by atoms with van der Waals surface area (Å²) >= 11 is 0. The van der Waals surface area contributed by atoms with E-state index in [4.69, 9.17) is 0 Å². The Labute approximate surface area is 136 Å². The smallest absolute Gasteiger partial charge is 0.155 e. The Balaban J connectivity index is 1.61. The molecule has 118 valence electrons. The highest BCUT2D eigenvalue weighted by Gasteiger charge is 2.33. The molecule has 0 atom stereocenters. The summed E-state index contributed by atoms with van der Waals surface area (Å²) in [6.45, 7) is 3.04. The van der Waals surface area contributed by atoms with Gasteiger partial charge >= 0.3 is 0 Å². The maximum Gasteiger partial charge on any atom is 0.155 e. The third-order valence-electron chi connectivity index (χ3n) is 5.01. The van der Waals surface area contributed by atoms with Crippen molar-refractivity contribution in [3.05, 3.63) is 60.2 Å². The van der Waals surface area contributed by atoms with Crippen LogP contribution in [-0.2, 0) is 5.41 Å². The number of piperidine rings is 1. The quantitative estimate of drug-likeness (QED) is 0.693. The summed E-state index contributed by atoms with van der Waals surface area (Å²) < 4.78 is 0. The highest BCUT2D eigenvalue weighted by atomic mass is 15.2. The number of anilines is 1. The molecule has 1 fully saturated rings. The molecule has 23 heavy (non-hydrogen) atoms. The molecule has 0 aliphatic carbocycles. The van der Waals surface area contributed by atoms with E-state index in [1.54, 1.807) is 0 Å². The van der Waals surface area contributed by atoms with Gasteiger partial charge in [0.1, 0.15) is 0 Å². The molecule has 4 nitrogen and oxygen atoms in total. The van der Waals surface area contributed by atoms with Crippen LogP contribution < -0.4 is 10.6 Å². The van der Waals surface area contributed by atoms with Gasteiger partial charge in [0, 0.05) is 17.3 Å². The predicted octanol–water partition coefficient (Wildman–Crippen LogP) is 3.30. The van der Waals surface area contributed by atoms with E-state index < -0.39 is 0 Å². The molecule has 3 N–H and O–H groups in total. The topological polar surface area (TPSA) is 52.7 Å². The van der Waals surface area contributed by atoms with Crippen LogP contribution in [0.15, 0.2) is 54.6 Å². The fraction of sp³-hybridized carbons (Fsp3) is 0.316.